The number of piperazine rings is 2. The molecule has 102 heavy (non-hydrogen) atoms. The van der Waals surface area contributed by atoms with E-state index in [0.29, 0.717) is 78.1 Å². The van der Waals surface area contributed by atoms with Crippen LogP contribution in [0.1, 0.15) is 122 Å². The van der Waals surface area contributed by atoms with Gasteiger partial charge in [-0.3, -0.25) is 38.8 Å². The van der Waals surface area contributed by atoms with Gasteiger partial charge in [0.05, 0.1) is 62.3 Å². The second-order valence-electron chi connectivity index (χ2n) is 29.4. The first-order valence-corrected chi connectivity index (χ1v) is 37.1. The summed E-state index contributed by atoms with van der Waals surface area (Å²) in [6.07, 6.45) is 20.9. The normalized spacial score (nSPS) is 18.9. The van der Waals surface area contributed by atoms with Gasteiger partial charge in [-0.25, -0.2) is 19.9 Å². The zero-order chi connectivity index (χ0) is 71.3. The third-order valence-electron chi connectivity index (χ3n) is 21.9. The van der Waals surface area contributed by atoms with Crippen LogP contribution in [0, 0.1) is 0 Å². The van der Waals surface area contributed by atoms with Crippen molar-refractivity contribution in [2.75, 3.05) is 109 Å². The van der Waals surface area contributed by atoms with Crippen LogP contribution in [0.2, 0.25) is 0 Å². The van der Waals surface area contributed by atoms with Gasteiger partial charge in [-0.2, -0.15) is 0 Å². The van der Waals surface area contributed by atoms with Gasteiger partial charge in [-0.15, -0.1) is 0 Å². The van der Waals surface area contributed by atoms with E-state index in [1.54, 1.807) is 48.1 Å². The van der Waals surface area contributed by atoms with Crippen molar-refractivity contribution in [2.45, 2.75) is 142 Å². The lowest BCUT2D eigenvalue weighted by Gasteiger charge is -2.51. The van der Waals surface area contributed by atoms with Gasteiger partial charge in [-0.05, 0) is 196 Å². The molecule has 16 rings (SSSR count). The quantitative estimate of drug-likeness (QED) is 0.0753. The van der Waals surface area contributed by atoms with E-state index >= 15 is 0 Å². The second-order valence-corrected chi connectivity index (χ2v) is 30.3. The predicted octanol–water partition coefficient (Wildman–Crippen LogP) is 8.04. The first-order valence-electron chi connectivity index (χ1n) is 36.3. The molecule has 0 saturated carbocycles. The molecule has 14 heterocycles. The van der Waals surface area contributed by atoms with Crippen molar-refractivity contribution in [1.82, 2.24) is 48.0 Å². The summed E-state index contributed by atoms with van der Waals surface area (Å²) in [4.78, 5) is 84.6. The third-order valence-corrected chi connectivity index (χ3v) is 22.3. The van der Waals surface area contributed by atoms with Crippen LogP contribution in [0.3, 0.4) is 0 Å². The number of halogens is 1. The van der Waals surface area contributed by atoms with Crippen LogP contribution < -0.4 is 46.8 Å². The summed E-state index contributed by atoms with van der Waals surface area (Å²) >= 11 is 3.42. The van der Waals surface area contributed by atoms with E-state index in [2.05, 4.69) is 118 Å². The number of nitrogens with zero attached hydrogens (tertiary/aromatic N) is 14. The number of carbonyl (C=O) groups is 2. The second kappa shape index (κ2) is 29.3. The van der Waals surface area contributed by atoms with E-state index < -0.39 is 7.12 Å². The summed E-state index contributed by atoms with van der Waals surface area (Å²) in [5.74, 6) is 2.46. The van der Waals surface area contributed by atoms with E-state index in [-0.39, 0.29) is 34.0 Å². The van der Waals surface area contributed by atoms with Gasteiger partial charge in [-0.1, -0.05) is 13.8 Å². The molecule has 4 fully saturated rings. The molecular formula is C76H94BBrN16O8. The number of anilines is 8. The van der Waals surface area contributed by atoms with Crippen LogP contribution in [0.5, 0.6) is 0 Å². The highest BCUT2D eigenvalue weighted by Gasteiger charge is 2.41. The molecule has 8 aromatic rings. The molecule has 26 heteroatoms. The molecule has 4 N–H and O–H groups in total. The fourth-order valence-electron chi connectivity index (χ4n) is 16.4. The van der Waals surface area contributed by atoms with Gasteiger partial charge >= 0.3 is 7.12 Å². The molecule has 0 aromatic carbocycles. The molecule has 0 spiro atoms. The van der Waals surface area contributed by atoms with Crippen LogP contribution in [-0.4, -0.2) is 179 Å². The molecular weight excluding hydrogens is 1360 g/mol. The molecule has 0 radical (unpaired) electrons. The molecule has 0 unspecified atom stereocenters. The largest absolute Gasteiger partial charge is 0.488 e. The maximum atomic E-state index is 13.9. The average molecular weight is 1450 g/mol. The van der Waals surface area contributed by atoms with Crippen LogP contribution in [0.25, 0.3) is 11.1 Å². The molecule has 4 saturated heterocycles. The minimum absolute atomic E-state index is 0.00979. The van der Waals surface area contributed by atoms with Gasteiger partial charge in [0.1, 0.15) is 46.0 Å². The summed E-state index contributed by atoms with van der Waals surface area (Å²) in [7, 11) is 1.93. The van der Waals surface area contributed by atoms with E-state index in [1.165, 1.54) is 59.0 Å². The number of amides is 2. The summed E-state index contributed by atoms with van der Waals surface area (Å²) in [5.41, 5.74) is 13.6. The Balaban J connectivity index is 0.000000141. The van der Waals surface area contributed by atoms with Crippen molar-refractivity contribution in [1.29, 1.82) is 0 Å². The van der Waals surface area contributed by atoms with Gasteiger partial charge in [0.15, 0.2) is 0 Å². The molecule has 536 valence electrons. The first-order chi connectivity index (χ1) is 49.2. The van der Waals surface area contributed by atoms with Crippen molar-refractivity contribution in [3.05, 3.63) is 168 Å². The smallest absolute Gasteiger partial charge is 0.423 e. The minimum Gasteiger partial charge on any atom is -0.423 e. The zero-order valence-electron chi connectivity index (χ0n) is 59.9. The van der Waals surface area contributed by atoms with Crippen LogP contribution in [0.15, 0.2) is 112 Å². The van der Waals surface area contributed by atoms with Crippen molar-refractivity contribution < 1.29 is 29.1 Å². The monoisotopic (exact) mass is 1450 g/mol. The maximum absolute atomic E-state index is 13.9. The summed E-state index contributed by atoms with van der Waals surface area (Å²) in [5, 5.41) is 25.7. The Morgan fingerprint density at radius 1 is 0.559 bits per heavy atom. The maximum Gasteiger partial charge on any atom is 0.488 e. The molecule has 2 aliphatic carbocycles. The zero-order valence-corrected chi connectivity index (χ0v) is 61.5. The topological polar surface area (TPSA) is 242 Å². The van der Waals surface area contributed by atoms with Crippen molar-refractivity contribution in [3.63, 3.8) is 0 Å². The van der Waals surface area contributed by atoms with Crippen molar-refractivity contribution >= 4 is 86.3 Å². The Bertz CT molecular complexity index is 4560. The number of fused-ring (bicyclic) bond motifs is 6. The number of rotatable bonds is 14. The highest BCUT2D eigenvalue weighted by Crippen LogP contribution is 2.38. The lowest BCUT2D eigenvalue weighted by Crippen LogP contribution is -2.64. The number of carbonyl (C=O) groups excluding carboxylic acids is 2. The number of aromatic nitrogens is 8. The van der Waals surface area contributed by atoms with Crippen LogP contribution in [-0.2, 0) is 75.2 Å². The summed E-state index contributed by atoms with van der Waals surface area (Å²) in [6, 6.07) is 20.5. The highest BCUT2D eigenvalue weighted by molar-refractivity contribution is 9.10. The number of ether oxygens (including phenoxy) is 2. The summed E-state index contributed by atoms with van der Waals surface area (Å²) < 4.78 is 19.2. The van der Waals surface area contributed by atoms with Gasteiger partial charge in [0, 0.05) is 142 Å². The minimum atomic E-state index is -1.56. The Morgan fingerprint density at radius 3 is 1.48 bits per heavy atom. The lowest BCUT2D eigenvalue weighted by atomic mass is 9.77. The van der Waals surface area contributed by atoms with E-state index in [0.717, 1.165) is 154 Å². The summed E-state index contributed by atoms with van der Waals surface area (Å²) in [6.45, 7) is 25.1. The lowest BCUT2D eigenvalue weighted by molar-refractivity contribution is -0.0741. The third kappa shape index (κ3) is 14.0. The highest BCUT2D eigenvalue weighted by atomic mass is 79.9. The molecule has 2 amide bonds. The molecule has 24 nitrogen and oxygen atoms in total. The number of hydrogen-bond donors (Lipinski definition) is 4. The van der Waals surface area contributed by atoms with Gasteiger partial charge in [0.2, 0.25) is 0 Å². The Morgan fingerprint density at radius 2 is 1.03 bits per heavy atom. The SMILES string of the molecule is CCc1c(-c2cc(Nc3ccc(N4CCN(C5COC5)CC4(C)C)cn3)c(=O)n(C)c2)ccnc1N1CCn2c(cc3c2CCCC3)C1=O.CCc1c(B(O)O)ccnc1N1CCn2c(cc3c2CCCC3)C1=O.Cn1cc(Br)cc(Nc2ccc(N3CCN(C4COC4)CC3(C)C)cn2)c1=O. The molecule has 6 aliphatic heterocycles. The predicted molar refractivity (Wildman–Crippen MR) is 403 cm³/mol. The van der Waals surface area contributed by atoms with Crippen molar-refractivity contribution in [2.24, 2.45) is 14.1 Å². The Hall–Kier alpha value is -8.50. The number of nitrogens with one attached hydrogen (secondary N) is 2. The average Bonchev–Trinajstić information content (AvgIpc) is 1.53. The fraction of sp³-hybridized carbons (Fsp3) is 0.474. The Kier molecular flexibility index (Phi) is 20.3. The van der Waals surface area contributed by atoms with E-state index in [4.69, 9.17) is 19.4 Å². The number of pyridine rings is 6. The van der Waals surface area contributed by atoms with Crippen LogP contribution >= 0.6 is 15.9 Å². The van der Waals surface area contributed by atoms with Crippen molar-refractivity contribution in [3.8, 4) is 11.1 Å². The van der Waals surface area contributed by atoms with Gasteiger partial charge in [0.25, 0.3) is 22.9 Å². The van der Waals surface area contributed by atoms with E-state index in [1.807, 2.05) is 60.7 Å². The molecule has 0 atom stereocenters. The number of aryl methyl sites for hydroxylation is 4. The molecule has 8 aromatic heterocycles. The Labute approximate surface area is 604 Å². The van der Waals surface area contributed by atoms with Crippen LogP contribution in [0.4, 0.5) is 46.0 Å². The molecule has 0 bridgehead atoms. The first kappa shape index (κ1) is 70.5. The molecule has 8 aliphatic rings. The standard InChI is InChI=1S/C38H46N8O3.C20H26BrN5O2.C18H22BN3O3/c1-5-29-30(12-13-39-35(29)45-16-15-44-32-9-7-6-8-25(32)19-33(44)37(45)48)26-18-31(36(47)42(4)21-26)41-34-11-10-27(20-40-34)46-17-14-43(24-38(46,2)3)28-22-49-23-28;1-20(2)13-25(16-11-28-12-16)6-7-26(20)15-4-5-18(22-9-15)23-17-8-14(21)10-24(3)19(17)27;1-2-13-14(19(24)25)7-8-20-17(13)22-10-9-21-15-6-4-3-5-12(15)11-16(21)18(22)23/h10-13,18-21,28H,5-9,14-17,22-24H2,1-4H3,(H,40,41);4-5,8-10,16H,6-7,11-13H2,1-3H3,(H,22,23);7-8,11,24-25H,2-6,9-10H2,1H3. The van der Waals surface area contributed by atoms with E-state index in [9.17, 15) is 29.2 Å². The fourth-order valence-corrected chi connectivity index (χ4v) is 16.9. The number of hydrogen-bond acceptors (Lipinski definition) is 18. The van der Waals surface area contributed by atoms with Gasteiger partial charge < -0.3 is 58.2 Å².